The van der Waals surface area contributed by atoms with Crippen molar-refractivity contribution in [1.29, 1.82) is 0 Å². The zero-order chi connectivity index (χ0) is 17.6. The molecule has 0 unspecified atom stereocenters. The molecule has 0 aliphatic carbocycles. The van der Waals surface area contributed by atoms with Crippen molar-refractivity contribution in [1.82, 2.24) is 9.78 Å². The van der Waals surface area contributed by atoms with E-state index in [1.165, 1.54) is 6.21 Å². The maximum atomic E-state index is 8.95. The van der Waals surface area contributed by atoms with E-state index in [1.807, 2.05) is 49.4 Å². The van der Waals surface area contributed by atoms with Crippen molar-refractivity contribution in [2.24, 2.45) is 5.16 Å². The van der Waals surface area contributed by atoms with Crippen LogP contribution in [0.4, 0.5) is 0 Å². The van der Waals surface area contributed by atoms with E-state index >= 15 is 0 Å². The molecule has 2 aromatic carbocycles. The third-order valence-corrected chi connectivity index (χ3v) is 3.92. The summed E-state index contributed by atoms with van der Waals surface area (Å²) >= 11 is 6.33. The van der Waals surface area contributed by atoms with Crippen molar-refractivity contribution < 1.29 is 9.94 Å². The average Bonchev–Trinajstić information content (AvgIpc) is 3.06. The molecule has 0 aliphatic heterocycles. The van der Waals surface area contributed by atoms with Crippen LogP contribution in [0.25, 0.3) is 16.9 Å². The van der Waals surface area contributed by atoms with Crippen LogP contribution in [-0.4, -0.2) is 27.8 Å². The Morgan fingerprint density at radius 2 is 2.04 bits per heavy atom. The summed E-state index contributed by atoms with van der Waals surface area (Å²) in [5.74, 6) is 0.645. The number of ether oxygens (including phenoxy) is 1. The summed E-state index contributed by atoms with van der Waals surface area (Å²) in [6.45, 7) is 2.66. The Labute approximate surface area is 151 Å². The highest BCUT2D eigenvalue weighted by atomic mass is 35.5. The molecule has 128 valence electrons. The monoisotopic (exact) mass is 355 g/mol. The molecule has 0 saturated carbocycles. The smallest absolute Gasteiger partial charge is 0.137 e. The van der Waals surface area contributed by atoms with E-state index in [-0.39, 0.29) is 0 Å². The molecule has 6 heteroatoms. The third kappa shape index (κ3) is 3.83. The molecule has 0 spiro atoms. The van der Waals surface area contributed by atoms with E-state index in [1.54, 1.807) is 16.9 Å². The zero-order valence-electron chi connectivity index (χ0n) is 13.8. The number of benzene rings is 2. The van der Waals surface area contributed by atoms with Crippen LogP contribution in [0.1, 0.15) is 18.9 Å². The highest BCUT2D eigenvalue weighted by molar-refractivity contribution is 6.32. The van der Waals surface area contributed by atoms with Gasteiger partial charge in [-0.2, -0.15) is 5.10 Å². The number of hydrogen-bond acceptors (Lipinski definition) is 4. The van der Waals surface area contributed by atoms with Crippen LogP contribution in [0.2, 0.25) is 5.02 Å². The first-order chi connectivity index (χ1) is 12.2. The van der Waals surface area contributed by atoms with E-state index in [0.29, 0.717) is 28.6 Å². The highest BCUT2D eigenvalue weighted by Crippen LogP contribution is 2.31. The molecule has 3 rings (SSSR count). The molecule has 1 heterocycles. The molecule has 0 saturated heterocycles. The standard InChI is InChI=1S/C19H18ClN3O2/c1-2-10-25-18-9-8-14(11-17(18)20)19-15(12-21-24)13-23(22-19)16-6-4-3-5-7-16/h3-9,11-13,24H,2,10H2,1H3/b21-12+. The van der Waals surface area contributed by atoms with Crippen LogP contribution < -0.4 is 4.74 Å². The van der Waals surface area contributed by atoms with E-state index in [2.05, 4.69) is 10.3 Å². The van der Waals surface area contributed by atoms with Crippen molar-refractivity contribution in [2.45, 2.75) is 13.3 Å². The van der Waals surface area contributed by atoms with Gasteiger partial charge in [0.1, 0.15) is 11.4 Å². The second-order valence-electron chi connectivity index (χ2n) is 5.45. The van der Waals surface area contributed by atoms with Gasteiger partial charge in [-0.25, -0.2) is 4.68 Å². The van der Waals surface area contributed by atoms with Gasteiger partial charge < -0.3 is 9.94 Å². The van der Waals surface area contributed by atoms with Crippen molar-refractivity contribution >= 4 is 17.8 Å². The largest absolute Gasteiger partial charge is 0.492 e. The Morgan fingerprint density at radius 1 is 1.24 bits per heavy atom. The lowest BCUT2D eigenvalue weighted by molar-refractivity contribution is 0.317. The summed E-state index contributed by atoms with van der Waals surface area (Å²) in [6.07, 6.45) is 4.08. The number of halogens is 1. The molecular formula is C19H18ClN3O2. The fourth-order valence-corrected chi connectivity index (χ4v) is 2.69. The lowest BCUT2D eigenvalue weighted by Gasteiger charge is -2.08. The number of rotatable bonds is 6. The summed E-state index contributed by atoms with van der Waals surface area (Å²) in [5.41, 5.74) is 3.09. The Kier molecular flexibility index (Phi) is 5.36. The first-order valence-corrected chi connectivity index (χ1v) is 8.36. The summed E-state index contributed by atoms with van der Waals surface area (Å²) < 4.78 is 7.34. The highest BCUT2D eigenvalue weighted by Gasteiger charge is 2.13. The Balaban J connectivity index is 2.01. The van der Waals surface area contributed by atoms with Crippen LogP contribution in [-0.2, 0) is 0 Å². The van der Waals surface area contributed by atoms with Crippen LogP contribution in [0.15, 0.2) is 59.9 Å². The molecule has 0 aliphatic rings. The quantitative estimate of drug-likeness (QED) is 0.393. The molecule has 1 N–H and O–H groups in total. The second-order valence-corrected chi connectivity index (χ2v) is 5.86. The Morgan fingerprint density at radius 3 is 2.72 bits per heavy atom. The van der Waals surface area contributed by atoms with Crippen molar-refractivity contribution in [3.05, 3.63) is 65.3 Å². The van der Waals surface area contributed by atoms with Gasteiger partial charge in [0.2, 0.25) is 0 Å². The van der Waals surface area contributed by atoms with Gasteiger partial charge in [0.05, 0.1) is 23.5 Å². The molecule has 0 atom stereocenters. The normalized spacial score (nSPS) is 11.1. The van der Waals surface area contributed by atoms with Gasteiger partial charge in [-0.15, -0.1) is 0 Å². The fraction of sp³-hybridized carbons (Fsp3) is 0.158. The van der Waals surface area contributed by atoms with Crippen LogP contribution in [0, 0.1) is 0 Å². The van der Waals surface area contributed by atoms with Gasteiger partial charge in [-0.05, 0) is 36.8 Å². The molecular weight excluding hydrogens is 338 g/mol. The van der Waals surface area contributed by atoms with Crippen molar-refractivity contribution in [2.75, 3.05) is 6.61 Å². The van der Waals surface area contributed by atoms with E-state index in [0.717, 1.165) is 17.7 Å². The summed E-state index contributed by atoms with van der Waals surface area (Å²) in [4.78, 5) is 0. The van der Waals surface area contributed by atoms with E-state index in [9.17, 15) is 0 Å². The average molecular weight is 356 g/mol. The van der Waals surface area contributed by atoms with E-state index in [4.69, 9.17) is 21.5 Å². The number of para-hydroxylation sites is 1. The first kappa shape index (κ1) is 17.0. The number of hydrogen-bond donors (Lipinski definition) is 1. The van der Waals surface area contributed by atoms with Gasteiger partial charge >= 0.3 is 0 Å². The fourth-order valence-electron chi connectivity index (χ4n) is 2.46. The van der Waals surface area contributed by atoms with Crippen LogP contribution >= 0.6 is 11.6 Å². The Bertz CT molecular complexity index is 876. The van der Waals surface area contributed by atoms with Crippen molar-refractivity contribution in [3.63, 3.8) is 0 Å². The minimum atomic E-state index is 0.520. The van der Waals surface area contributed by atoms with Gasteiger partial charge in [0, 0.05) is 17.3 Å². The van der Waals surface area contributed by atoms with Gasteiger partial charge in [0.25, 0.3) is 0 Å². The molecule has 0 bridgehead atoms. The number of oxime groups is 1. The van der Waals surface area contributed by atoms with Gasteiger partial charge in [-0.3, -0.25) is 0 Å². The molecule has 1 aromatic heterocycles. The van der Waals surface area contributed by atoms with E-state index < -0.39 is 0 Å². The Hall–Kier alpha value is -2.79. The van der Waals surface area contributed by atoms with Crippen molar-refractivity contribution in [3.8, 4) is 22.7 Å². The predicted octanol–water partition coefficient (Wildman–Crippen LogP) is 4.79. The lowest BCUT2D eigenvalue weighted by atomic mass is 10.1. The molecule has 5 nitrogen and oxygen atoms in total. The minimum absolute atomic E-state index is 0.520. The molecule has 0 amide bonds. The topological polar surface area (TPSA) is 59.6 Å². The number of aromatic nitrogens is 2. The second kappa shape index (κ2) is 7.85. The first-order valence-electron chi connectivity index (χ1n) is 7.98. The van der Waals surface area contributed by atoms with Crippen LogP contribution in [0.5, 0.6) is 5.75 Å². The van der Waals surface area contributed by atoms with Gasteiger partial charge in [-0.1, -0.05) is 41.9 Å². The summed E-state index contributed by atoms with van der Waals surface area (Å²) in [5, 5.41) is 17.2. The third-order valence-electron chi connectivity index (χ3n) is 3.63. The molecule has 0 fully saturated rings. The summed E-state index contributed by atoms with van der Waals surface area (Å²) in [6, 6.07) is 15.2. The van der Waals surface area contributed by atoms with Crippen LogP contribution in [0.3, 0.4) is 0 Å². The molecule has 25 heavy (non-hydrogen) atoms. The maximum Gasteiger partial charge on any atom is 0.137 e. The lowest BCUT2D eigenvalue weighted by Crippen LogP contribution is -1.96. The maximum absolute atomic E-state index is 8.95. The SMILES string of the molecule is CCCOc1ccc(-c2nn(-c3ccccc3)cc2/C=N/O)cc1Cl. The number of nitrogens with zero attached hydrogens (tertiary/aromatic N) is 3. The molecule has 0 radical (unpaired) electrons. The zero-order valence-corrected chi connectivity index (χ0v) is 14.5. The molecule has 3 aromatic rings. The summed E-state index contributed by atoms with van der Waals surface area (Å²) in [7, 11) is 0. The predicted molar refractivity (Wildman–Crippen MR) is 99.2 cm³/mol. The minimum Gasteiger partial charge on any atom is -0.492 e. The van der Waals surface area contributed by atoms with Gasteiger partial charge in [0.15, 0.2) is 0 Å².